The molecule has 1 N–H and O–H groups in total. The van der Waals surface area contributed by atoms with Crippen molar-refractivity contribution in [3.05, 3.63) is 35.4 Å². The minimum atomic E-state index is 0.308. The molecular formula is C18H29NO. The number of hydrogen-bond donors (Lipinski definition) is 1. The molecule has 1 aliphatic rings. The Labute approximate surface area is 123 Å². The second kappa shape index (κ2) is 7.80. The first-order valence-electron chi connectivity index (χ1n) is 8.13. The van der Waals surface area contributed by atoms with Crippen molar-refractivity contribution in [3.8, 4) is 0 Å². The van der Waals surface area contributed by atoms with Crippen molar-refractivity contribution in [2.24, 2.45) is 5.92 Å². The minimum Gasteiger partial charge on any atom is -0.376 e. The van der Waals surface area contributed by atoms with E-state index in [1.165, 1.54) is 36.8 Å². The maximum Gasteiger partial charge on any atom is 0.0770 e. The predicted molar refractivity (Wildman–Crippen MR) is 85.0 cm³/mol. The van der Waals surface area contributed by atoms with E-state index in [1.807, 2.05) is 0 Å². The van der Waals surface area contributed by atoms with E-state index in [2.05, 4.69) is 50.5 Å². The van der Waals surface area contributed by atoms with Gasteiger partial charge in [-0.3, -0.25) is 0 Å². The van der Waals surface area contributed by atoms with Gasteiger partial charge in [0.1, 0.15) is 0 Å². The van der Waals surface area contributed by atoms with Gasteiger partial charge in [0, 0.05) is 6.61 Å². The molecule has 0 bridgehead atoms. The Bertz CT molecular complexity index is 404. The van der Waals surface area contributed by atoms with E-state index in [-0.39, 0.29) is 0 Å². The second-order valence-corrected chi connectivity index (χ2v) is 6.12. The summed E-state index contributed by atoms with van der Waals surface area (Å²) in [6.07, 6.45) is 6.36. The molecule has 0 fully saturated rings. The van der Waals surface area contributed by atoms with Gasteiger partial charge in [-0.25, -0.2) is 0 Å². The first-order valence-corrected chi connectivity index (χ1v) is 8.13. The molecule has 1 aromatic carbocycles. The summed E-state index contributed by atoms with van der Waals surface area (Å²) in [6.45, 7) is 5.43. The van der Waals surface area contributed by atoms with Crippen molar-refractivity contribution >= 4 is 0 Å². The van der Waals surface area contributed by atoms with E-state index in [9.17, 15) is 0 Å². The summed E-state index contributed by atoms with van der Waals surface area (Å²) in [5, 5.41) is 3.48. The third-order valence-electron chi connectivity index (χ3n) is 4.38. The lowest BCUT2D eigenvalue weighted by molar-refractivity contribution is 0.00405. The van der Waals surface area contributed by atoms with Crippen molar-refractivity contribution < 1.29 is 4.74 Å². The van der Waals surface area contributed by atoms with Crippen molar-refractivity contribution in [3.63, 3.8) is 0 Å². The summed E-state index contributed by atoms with van der Waals surface area (Å²) < 4.78 is 6.28. The highest BCUT2D eigenvalue weighted by molar-refractivity contribution is 5.32. The number of hydrogen-bond acceptors (Lipinski definition) is 2. The number of likely N-dealkylation sites (N-methyl/N-ethyl adjacent to an activating group) is 1. The van der Waals surface area contributed by atoms with Gasteiger partial charge < -0.3 is 10.1 Å². The van der Waals surface area contributed by atoms with E-state index >= 15 is 0 Å². The van der Waals surface area contributed by atoms with Gasteiger partial charge in [0.2, 0.25) is 0 Å². The summed E-state index contributed by atoms with van der Waals surface area (Å²) in [5.41, 5.74) is 2.92. The van der Waals surface area contributed by atoms with Crippen molar-refractivity contribution in [2.75, 3.05) is 13.7 Å². The largest absolute Gasteiger partial charge is 0.376 e. The second-order valence-electron chi connectivity index (χ2n) is 6.12. The molecule has 1 aromatic rings. The lowest BCUT2D eigenvalue weighted by Crippen LogP contribution is -2.32. The molecule has 0 saturated carbocycles. The summed E-state index contributed by atoms with van der Waals surface area (Å²) >= 11 is 0. The Hall–Kier alpha value is -0.860. The zero-order valence-electron chi connectivity index (χ0n) is 13.2. The highest BCUT2D eigenvalue weighted by Gasteiger charge is 2.27. The van der Waals surface area contributed by atoms with Gasteiger partial charge >= 0.3 is 0 Å². The Morgan fingerprint density at radius 1 is 1.35 bits per heavy atom. The van der Waals surface area contributed by atoms with E-state index in [0.29, 0.717) is 18.1 Å². The molecule has 0 radical (unpaired) electrons. The molecular weight excluding hydrogens is 246 g/mol. The zero-order valence-corrected chi connectivity index (χ0v) is 13.2. The van der Waals surface area contributed by atoms with Crippen LogP contribution in [-0.4, -0.2) is 19.8 Å². The van der Waals surface area contributed by atoms with Crippen LogP contribution in [0.4, 0.5) is 0 Å². The topological polar surface area (TPSA) is 21.3 Å². The van der Waals surface area contributed by atoms with Gasteiger partial charge in [-0.15, -0.1) is 0 Å². The third-order valence-corrected chi connectivity index (χ3v) is 4.38. The lowest BCUT2D eigenvalue weighted by atomic mass is 9.97. The van der Waals surface area contributed by atoms with E-state index in [1.54, 1.807) is 0 Å². The summed E-state index contributed by atoms with van der Waals surface area (Å²) in [4.78, 5) is 0. The third kappa shape index (κ3) is 3.83. The molecule has 112 valence electrons. The van der Waals surface area contributed by atoms with Crippen LogP contribution >= 0.6 is 0 Å². The molecule has 3 unspecified atom stereocenters. The lowest BCUT2D eigenvalue weighted by Gasteiger charge is -2.27. The van der Waals surface area contributed by atoms with E-state index in [0.717, 1.165) is 13.0 Å². The van der Waals surface area contributed by atoms with Crippen LogP contribution in [0.1, 0.15) is 56.7 Å². The highest BCUT2D eigenvalue weighted by Crippen LogP contribution is 2.30. The standard InChI is InChI=1S/C18H29NO/c1-4-8-14(2)13-20-17-12-7-10-15-9-5-6-11-16(15)18(17)19-3/h5-6,9,11,14,17-19H,4,7-8,10,12-13H2,1-3H3. The van der Waals surface area contributed by atoms with Gasteiger partial charge in [-0.2, -0.15) is 0 Å². The Morgan fingerprint density at radius 3 is 2.90 bits per heavy atom. The van der Waals surface area contributed by atoms with Crippen LogP contribution < -0.4 is 5.32 Å². The summed E-state index contributed by atoms with van der Waals surface area (Å²) in [7, 11) is 2.05. The Morgan fingerprint density at radius 2 is 2.15 bits per heavy atom. The number of aryl methyl sites for hydroxylation is 1. The maximum absolute atomic E-state index is 6.28. The number of fused-ring (bicyclic) bond motifs is 1. The van der Waals surface area contributed by atoms with Gasteiger partial charge in [0.25, 0.3) is 0 Å². The summed E-state index contributed by atoms with van der Waals surface area (Å²) in [5.74, 6) is 0.663. The fourth-order valence-corrected chi connectivity index (χ4v) is 3.31. The fourth-order valence-electron chi connectivity index (χ4n) is 3.31. The average molecular weight is 275 g/mol. The van der Waals surface area contributed by atoms with Gasteiger partial charge in [-0.1, -0.05) is 44.5 Å². The molecule has 2 rings (SSSR count). The molecule has 2 nitrogen and oxygen atoms in total. The number of ether oxygens (including phenoxy) is 1. The van der Waals surface area contributed by atoms with Crippen molar-refractivity contribution in [1.82, 2.24) is 5.32 Å². The predicted octanol–water partition coefficient (Wildman–Crippen LogP) is 4.10. The number of rotatable bonds is 6. The molecule has 0 aromatic heterocycles. The molecule has 0 amide bonds. The quantitative estimate of drug-likeness (QED) is 0.789. The van der Waals surface area contributed by atoms with Crippen LogP contribution in [0.3, 0.4) is 0 Å². The van der Waals surface area contributed by atoms with Gasteiger partial charge in [0.05, 0.1) is 12.1 Å². The van der Waals surface area contributed by atoms with Gasteiger partial charge in [-0.05, 0) is 49.8 Å². The number of benzene rings is 1. The normalized spacial score (nSPS) is 23.9. The van der Waals surface area contributed by atoms with E-state index < -0.39 is 0 Å². The zero-order chi connectivity index (χ0) is 14.4. The molecule has 20 heavy (non-hydrogen) atoms. The molecule has 2 heteroatoms. The average Bonchev–Trinajstić information content (AvgIpc) is 2.64. The van der Waals surface area contributed by atoms with Crippen LogP contribution in [0, 0.1) is 5.92 Å². The molecule has 0 aliphatic heterocycles. The highest BCUT2D eigenvalue weighted by atomic mass is 16.5. The van der Waals surface area contributed by atoms with Crippen molar-refractivity contribution in [2.45, 2.75) is 58.1 Å². The smallest absolute Gasteiger partial charge is 0.0770 e. The van der Waals surface area contributed by atoms with Crippen LogP contribution in [0.5, 0.6) is 0 Å². The first kappa shape index (κ1) is 15.5. The molecule has 3 atom stereocenters. The maximum atomic E-state index is 6.28. The Kier molecular flexibility index (Phi) is 6.06. The molecule has 0 heterocycles. The van der Waals surface area contributed by atoms with Crippen LogP contribution in [0.25, 0.3) is 0 Å². The minimum absolute atomic E-state index is 0.308. The Balaban J connectivity index is 2.05. The molecule has 0 spiro atoms. The van der Waals surface area contributed by atoms with Crippen LogP contribution in [0.2, 0.25) is 0 Å². The molecule has 1 aliphatic carbocycles. The van der Waals surface area contributed by atoms with Crippen molar-refractivity contribution in [1.29, 1.82) is 0 Å². The summed E-state index contributed by atoms with van der Waals surface area (Å²) in [6, 6.07) is 9.15. The van der Waals surface area contributed by atoms with Crippen LogP contribution in [-0.2, 0) is 11.2 Å². The SMILES string of the molecule is CCCC(C)COC1CCCc2ccccc2C1NC. The molecule has 0 saturated heterocycles. The fraction of sp³-hybridized carbons (Fsp3) is 0.667. The van der Waals surface area contributed by atoms with E-state index in [4.69, 9.17) is 4.74 Å². The van der Waals surface area contributed by atoms with Gasteiger partial charge in [0.15, 0.2) is 0 Å². The van der Waals surface area contributed by atoms with Crippen LogP contribution in [0.15, 0.2) is 24.3 Å². The monoisotopic (exact) mass is 275 g/mol. The first-order chi connectivity index (χ1) is 9.76. The number of nitrogens with one attached hydrogen (secondary N) is 1.